The van der Waals surface area contributed by atoms with Crippen LogP contribution in [-0.2, 0) is 4.79 Å². The van der Waals surface area contributed by atoms with Crippen molar-refractivity contribution in [1.29, 1.82) is 0 Å². The second-order valence-corrected chi connectivity index (χ2v) is 2.07. The van der Waals surface area contributed by atoms with Crippen LogP contribution in [0, 0.1) is 0 Å². The van der Waals surface area contributed by atoms with Crippen LogP contribution in [0.25, 0.3) is 0 Å². The van der Waals surface area contributed by atoms with Gasteiger partial charge in [0, 0.05) is 0 Å². The first-order valence-electron chi connectivity index (χ1n) is 3.09. The van der Waals surface area contributed by atoms with E-state index < -0.39 is 30.4 Å². The summed E-state index contributed by atoms with van der Waals surface area (Å²) < 4.78 is 0. The lowest BCUT2D eigenvalue weighted by Crippen LogP contribution is -2.37. The van der Waals surface area contributed by atoms with E-state index in [-0.39, 0.29) is 6.26 Å². The Morgan fingerprint density at radius 2 is 1.92 bits per heavy atom. The number of aliphatic hydroxyl groups excluding tert-OH is 5. The summed E-state index contributed by atoms with van der Waals surface area (Å²) in [6, 6.07) is 0. The smallest absolute Gasteiger partial charge is 0.231 e. The number of carbonyl (C=O) groups excluding carboxylic acids is 1. The summed E-state index contributed by atoms with van der Waals surface area (Å²) in [4.78, 5) is 10.7. The van der Waals surface area contributed by atoms with E-state index in [1.54, 1.807) is 0 Å². The summed E-state index contributed by atoms with van der Waals surface area (Å²) in [6.07, 6.45) is -3.51. The molecule has 5 N–H and O–H groups in total. The fraction of sp³-hybridized carbons (Fsp3) is 0.500. The maximum Gasteiger partial charge on any atom is 0.231 e. The van der Waals surface area contributed by atoms with E-state index in [9.17, 15) is 4.79 Å². The van der Waals surface area contributed by atoms with Gasteiger partial charge in [0.05, 0.1) is 6.61 Å². The second kappa shape index (κ2) is 4.70. The van der Waals surface area contributed by atoms with Gasteiger partial charge >= 0.3 is 0 Å². The number of hydrogen-bond acceptors (Lipinski definition) is 6. The van der Waals surface area contributed by atoms with Crippen molar-refractivity contribution in [3.63, 3.8) is 0 Å². The standard InChI is InChI=1S/C6H10O6/c7-1-3(9)5(11)6(12)4(10)2-8/h1,4,6-10,12H,2H2/b3-1-/t4-,6-/m1/s1. The van der Waals surface area contributed by atoms with E-state index in [1.807, 2.05) is 0 Å². The fourth-order valence-electron chi connectivity index (χ4n) is 0.490. The quantitative estimate of drug-likeness (QED) is 0.257. The minimum atomic E-state index is -1.93. The highest BCUT2D eigenvalue weighted by molar-refractivity contribution is 5.96. The van der Waals surface area contributed by atoms with Gasteiger partial charge in [-0.05, 0) is 0 Å². The Bertz CT molecular complexity index is 186. The molecule has 70 valence electrons. The number of aliphatic hydroxyl groups is 5. The highest BCUT2D eigenvalue weighted by Gasteiger charge is 2.26. The second-order valence-electron chi connectivity index (χ2n) is 2.07. The first kappa shape index (κ1) is 10.9. The van der Waals surface area contributed by atoms with Gasteiger partial charge in [0.15, 0.2) is 5.76 Å². The lowest BCUT2D eigenvalue weighted by Gasteiger charge is -2.12. The summed E-state index contributed by atoms with van der Waals surface area (Å²) in [7, 11) is 0. The minimum Gasteiger partial charge on any atom is -0.512 e. The molecule has 0 heterocycles. The molecule has 0 aliphatic carbocycles. The molecular weight excluding hydrogens is 168 g/mol. The largest absolute Gasteiger partial charge is 0.512 e. The summed E-state index contributed by atoms with van der Waals surface area (Å²) in [6.45, 7) is -0.814. The van der Waals surface area contributed by atoms with Crippen molar-refractivity contribution in [3.05, 3.63) is 12.0 Å². The van der Waals surface area contributed by atoms with E-state index >= 15 is 0 Å². The maximum atomic E-state index is 10.7. The Labute approximate surface area is 68.0 Å². The van der Waals surface area contributed by atoms with Crippen LogP contribution >= 0.6 is 0 Å². The summed E-state index contributed by atoms with van der Waals surface area (Å²) >= 11 is 0. The van der Waals surface area contributed by atoms with Crippen molar-refractivity contribution in [1.82, 2.24) is 0 Å². The lowest BCUT2D eigenvalue weighted by atomic mass is 10.1. The topological polar surface area (TPSA) is 118 Å². The molecule has 0 aromatic heterocycles. The molecule has 0 bridgehead atoms. The van der Waals surface area contributed by atoms with Crippen LogP contribution in [0.15, 0.2) is 12.0 Å². The zero-order valence-electron chi connectivity index (χ0n) is 6.08. The summed E-state index contributed by atoms with van der Waals surface area (Å²) in [5, 5.41) is 42.5. The van der Waals surface area contributed by atoms with Gasteiger partial charge in [-0.2, -0.15) is 0 Å². The Kier molecular flexibility index (Phi) is 4.27. The molecule has 0 saturated heterocycles. The third kappa shape index (κ3) is 2.50. The van der Waals surface area contributed by atoms with Gasteiger partial charge in [-0.3, -0.25) is 4.79 Å². The van der Waals surface area contributed by atoms with E-state index in [0.29, 0.717) is 0 Å². The molecule has 6 heteroatoms. The van der Waals surface area contributed by atoms with Crippen LogP contribution in [0.4, 0.5) is 0 Å². The van der Waals surface area contributed by atoms with Crippen molar-refractivity contribution in [2.45, 2.75) is 12.2 Å². The average Bonchev–Trinajstić information content (AvgIpc) is 2.12. The van der Waals surface area contributed by atoms with Crippen molar-refractivity contribution < 1.29 is 30.3 Å². The van der Waals surface area contributed by atoms with E-state index in [4.69, 9.17) is 25.5 Å². The molecule has 0 aliphatic rings. The Morgan fingerprint density at radius 1 is 1.42 bits per heavy atom. The molecule has 0 saturated carbocycles. The Morgan fingerprint density at radius 3 is 2.25 bits per heavy atom. The zero-order chi connectivity index (χ0) is 9.72. The van der Waals surface area contributed by atoms with Crippen molar-refractivity contribution >= 4 is 5.78 Å². The van der Waals surface area contributed by atoms with Crippen LogP contribution in [0.1, 0.15) is 0 Å². The van der Waals surface area contributed by atoms with E-state index in [0.717, 1.165) is 0 Å². The van der Waals surface area contributed by atoms with Gasteiger partial charge in [-0.15, -0.1) is 0 Å². The molecule has 0 aliphatic heterocycles. The molecule has 0 rings (SSSR count). The molecule has 12 heavy (non-hydrogen) atoms. The van der Waals surface area contributed by atoms with Gasteiger partial charge in [0.1, 0.15) is 18.5 Å². The monoisotopic (exact) mass is 178 g/mol. The highest BCUT2D eigenvalue weighted by Crippen LogP contribution is 2.00. The van der Waals surface area contributed by atoms with Crippen LogP contribution in [-0.4, -0.2) is 50.1 Å². The third-order valence-corrected chi connectivity index (χ3v) is 1.19. The fourth-order valence-corrected chi connectivity index (χ4v) is 0.490. The predicted molar refractivity (Wildman–Crippen MR) is 37.4 cm³/mol. The normalized spacial score (nSPS) is 17.1. The first-order chi connectivity index (χ1) is 5.54. The molecule has 0 unspecified atom stereocenters. The first-order valence-corrected chi connectivity index (χ1v) is 3.09. The summed E-state index contributed by atoms with van der Waals surface area (Å²) in [5.41, 5.74) is 0. The van der Waals surface area contributed by atoms with Crippen molar-refractivity contribution in [3.8, 4) is 0 Å². The van der Waals surface area contributed by atoms with Gasteiger partial charge in [0.25, 0.3) is 0 Å². The molecule has 6 nitrogen and oxygen atoms in total. The van der Waals surface area contributed by atoms with Gasteiger partial charge in [-0.1, -0.05) is 0 Å². The molecule has 2 atom stereocenters. The number of rotatable bonds is 4. The Balaban J connectivity index is 4.29. The predicted octanol–water partition coefficient (Wildman–Crippen LogP) is -1.77. The number of carbonyl (C=O) groups is 1. The number of Topliss-reactive ketones (excluding diaryl/α,β-unsaturated/α-hetero) is 1. The third-order valence-electron chi connectivity index (χ3n) is 1.19. The van der Waals surface area contributed by atoms with Crippen LogP contribution in [0.3, 0.4) is 0 Å². The molecule has 0 amide bonds. The molecule has 0 fully saturated rings. The minimum absolute atomic E-state index is 0.0929. The van der Waals surface area contributed by atoms with Gasteiger partial charge in [-0.25, -0.2) is 0 Å². The summed E-state index contributed by atoms with van der Waals surface area (Å²) in [5.74, 6) is -2.32. The lowest BCUT2D eigenvalue weighted by molar-refractivity contribution is -0.133. The van der Waals surface area contributed by atoms with Crippen LogP contribution in [0.5, 0.6) is 0 Å². The van der Waals surface area contributed by atoms with Crippen LogP contribution < -0.4 is 0 Å². The van der Waals surface area contributed by atoms with E-state index in [2.05, 4.69) is 0 Å². The number of hydrogen-bond donors (Lipinski definition) is 5. The van der Waals surface area contributed by atoms with Crippen molar-refractivity contribution in [2.24, 2.45) is 0 Å². The molecule has 0 radical (unpaired) electrons. The van der Waals surface area contributed by atoms with Crippen LogP contribution in [0.2, 0.25) is 0 Å². The maximum absolute atomic E-state index is 10.7. The SMILES string of the molecule is O=C(/C(O)=C/O)[C@H](O)[C@H](O)CO. The molecule has 0 aromatic carbocycles. The molecule has 0 spiro atoms. The van der Waals surface area contributed by atoms with Gasteiger partial charge < -0.3 is 25.5 Å². The highest BCUT2D eigenvalue weighted by atomic mass is 16.4. The van der Waals surface area contributed by atoms with Crippen molar-refractivity contribution in [2.75, 3.05) is 6.61 Å². The van der Waals surface area contributed by atoms with E-state index in [1.165, 1.54) is 0 Å². The molecule has 0 aromatic rings. The number of ketones is 1. The molecular formula is C6H10O6. The average molecular weight is 178 g/mol. The Hall–Kier alpha value is -1.11. The van der Waals surface area contributed by atoms with Gasteiger partial charge in [0.2, 0.25) is 5.78 Å². The zero-order valence-corrected chi connectivity index (χ0v) is 6.08.